The second-order valence-electron chi connectivity index (χ2n) is 3.72. The molecule has 1 aliphatic heterocycles. The molecule has 0 fully saturated rings. The molecule has 0 aliphatic carbocycles. The molecule has 0 saturated carbocycles. The van der Waals surface area contributed by atoms with E-state index in [0.717, 1.165) is 10.2 Å². The van der Waals surface area contributed by atoms with E-state index in [2.05, 4.69) is 9.98 Å². The predicted octanol–water partition coefficient (Wildman–Crippen LogP) is 2.06. The Kier molecular flexibility index (Phi) is 2.71. The highest BCUT2D eigenvalue weighted by molar-refractivity contribution is 8.23. The summed E-state index contributed by atoms with van der Waals surface area (Å²) in [6.45, 7) is 0.548. The van der Waals surface area contributed by atoms with Crippen LogP contribution in [0.2, 0.25) is 0 Å². The van der Waals surface area contributed by atoms with Crippen molar-refractivity contribution in [2.45, 2.75) is 0 Å². The second-order valence-corrected chi connectivity index (χ2v) is 6.67. The quantitative estimate of drug-likeness (QED) is 0.784. The van der Waals surface area contributed by atoms with Crippen LogP contribution in [0.3, 0.4) is 0 Å². The number of nitrogens with zero attached hydrogens (tertiary/aromatic N) is 2. The van der Waals surface area contributed by atoms with Gasteiger partial charge in [-0.1, -0.05) is 0 Å². The third kappa shape index (κ3) is 1.85. The first-order valence-electron chi connectivity index (χ1n) is 5.23. The Bertz CT molecular complexity index is 665. The van der Waals surface area contributed by atoms with Crippen molar-refractivity contribution in [2.24, 2.45) is 4.99 Å². The van der Waals surface area contributed by atoms with Gasteiger partial charge in [-0.05, 0) is 18.2 Å². The SMILES string of the molecule is O=C(O)[S+]1CCN=C1c1nc2ccc(O)cc2s1. The summed E-state index contributed by atoms with van der Waals surface area (Å²) in [4.78, 5) is 19.8. The molecular formula is C11H9N2O3S2+. The molecule has 2 heterocycles. The van der Waals surface area contributed by atoms with Gasteiger partial charge in [0.15, 0.2) is 15.9 Å². The van der Waals surface area contributed by atoms with Gasteiger partial charge in [0.25, 0.3) is 5.04 Å². The van der Waals surface area contributed by atoms with E-state index in [1.807, 2.05) is 0 Å². The Balaban J connectivity index is 2.07. The molecule has 0 spiro atoms. The normalized spacial score (nSPS) is 19.1. The lowest BCUT2D eigenvalue weighted by atomic mass is 10.3. The third-order valence-corrected chi connectivity index (χ3v) is 5.51. The van der Waals surface area contributed by atoms with Gasteiger partial charge in [-0.25, -0.2) is 9.98 Å². The summed E-state index contributed by atoms with van der Waals surface area (Å²) in [6, 6.07) is 4.92. The van der Waals surface area contributed by atoms with Gasteiger partial charge in [0.2, 0.25) is 0 Å². The first kappa shape index (κ1) is 11.5. The Morgan fingerprint density at radius 2 is 2.28 bits per heavy atom. The summed E-state index contributed by atoms with van der Waals surface area (Å²) in [5.41, 5.74) is 0.760. The van der Waals surface area contributed by atoms with Gasteiger partial charge in [0.1, 0.15) is 11.5 Å². The van der Waals surface area contributed by atoms with Crippen LogP contribution in [-0.2, 0) is 10.9 Å². The molecule has 1 unspecified atom stereocenters. The van der Waals surface area contributed by atoms with Crippen LogP contribution in [0.15, 0.2) is 23.2 Å². The molecule has 2 aromatic rings. The van der Waals surface area contributed by atoms with Crippen LogP contribution in [0.1, 0.15) is 5.01 Å². The predicted molar refractivity (Wildman–Crippen MR) is 72.9 cm³/mol. The van der Waals surface area contributed by atoms with Gasteiger partial charge >= 0.3 is 5.30 Å². The number of aliphatic imine (C=N–C) groups is 1. The van der Waals surface area contributed by atoms with Crippen LogP contribution in [0.4, 0.5) is 4.79 Å². The average Bonchev–Trinajstić information content (AvgIpc) is 2.93. The number of phenolic OH excluding ortho intramolecular Hbond substituents is 1. The summed E-state index contributed by atoms with van der Waals surface area (Å²) in [5, 5.41) is 18.9. The zero-order valence-electron chi connectivity index (χ0n) is 9.16. The minimum atomic E-state index is -0.848. The number of hydrogen-bond donors (Lipinski definition) is 2. The summed E-state index contributed by atoms with van der Waals surface area (Å²) in [5.74, 6) is 0.745. The van der Waals surface area contributed by atoms with E-state index in [9.17, 15) is 9.90 Å². The fraction of sp³-hybridized carbons (Fsp3) is 0.182. The number of carbonyl (C=O) groups is 1. The molecule has 0 amide bonds. The van der Waals surface area contributed by atoms with Crippen molar-refractivity contribution in [3.05, 3.63) is 23.2 Å². The molecule has 0 bridgehead atoms. The fourth-order valence-corrected chi connectivity index (χ4v) is 4.40. The molecule has 18 heavy (non-hydrogen) atoms. The summed E-state index contributed by atoms with van der Waals surface area (Å²) < 4.78 is 0.841. The number of hydrogen-bond acceptors (Lipinski definition) is 5. The topological polar surface area (TPSA) is 82.8 Å². The van der Waals surface area contributed by atoms with Crippen LogP contribution in [-0.4, -0.2) is 37.8 Å². The monoisotopic (exact) mass is 281 g/mol. The van der Waals surface area contributed by atoms with E-state index in [0.29, 0.717) is 22.3 Å². The van der Waals surface area contributed by atoms with E-state index in [1.165, 1.54) is 11.3 Å². The Hall–Kier alpha value is -1.60. The number of carboxylic acid groups (broad SMARTS) is 1. The van der Waals surface area contributed by atoms with Crippen LogP contribution < -0.4 is 0 Å². The lowest BCUT2D eigenvalue weighted by molar-refractivity contribution is 0.222. The molecule has 0 radical (unpaired) electrons. The highest BCUT2D eigenvalue weighted by atomic mass is 32.2. The lowest BCUT2D eigenvalue weighted by Gasteiger charge is -1.92. The number of fused-ring (bicyclic) bond motifs is 1. The number of aromatic hydroxyl groups is 1. The minimum absolute atomic E-state index is 0.184. The average molecular weight is 281 g/mol. The third-order valence-electron chi connectivity index (χ3n) is 2.55. The van der Waals surface area contributed by atoms with Crippen molar-refractivity contribution >= 4 is 42.8 Å². The number of thiazole rings is 1. The molecule has 0 saturated heterocycles. The van der Waals surface area contributed by atoms with Gasteiger partial charge in [-0.2, -0.15) is 4.79 Å². The molecule has 1 aromatic heterocycles. The number of phenols is 1. The maximum Gasteiger partial charge on any atom is 0.530 e. The largest absolute Gasteiger partial charge is 0.530 e. The van der Waals surface area contributed by atoms with Gasteiger partial charge in [0, 0.05) is 0 Å². The van der Waals surface area contributed by atoms with Crippen molar-refractivity contribution in [3.8, 4) is 5.75 Å². The summed E-state index contributed by atoms with van der Waals surface area (Å²) in [7, 11) is -0.848. The van der Waals surface area contributed by atoms with Crippen molar-refractivity contribution in [3.63, 3.8) is 0 Å². The zero-order chi connectivity index (χ0) is 12.7. The molecule has 2 N–H and O–H groups in total. The summed E-state index contributed by atoms with van der Waals surface area (Å²) >= 11 is 1.37. The molecular weight excluding hydrogens is 272 g/mol. The second kappa shape index (κ2) is 4.25. The molecule has 1 aromatic carbocycles. The van der Waals surface area contributed by atoms with Gasteiger partial charge in [-0.3, -0.25) is 0 Å². The van der Waals surface area contributed by atoms with Gasteiger partial charge < -0.3 is 10.2 Å². The maximum absolute atomic E-state index is 11.1. The Labute approximate surface area is 109 Å². The van der Waals surface area contributed by atoms with Crippen LogP contribution >= 0.6 is 11.3 Å². The Morgan fingerprint density at radius 1 is 1.44 bits per heavy atom. The van der Waals surface area contributed by atoms with E-state index >= 15 is 0 Å². The number of benzene rings is 1. The smallest absolute Gasteiger partial charge is 0.508 e. The lowest BCUT2D eigenvalue weighted by Crippen LogP contribution is -2.22. The number of aromatic nitrogens is 1. The van der Waals surface area contributed by atoms with Gasteiger partial charge in [-0.15, -0.1) is 11.3 Å². The van der Waals surface area contributed by atoms with E-state index in [1.54, 1.807) is 18.2 Å². The fourth-order valence-electron chi connectivity index (χ4n) is 1.76. The number of rotatable bonds is 1. The standard InChI is InChI=1S/C11H8N2O3S2/c14-6-1-2-7-8(5-6)17-9(13-7)10-12-3-4-18(10)11(15)16/h1-2,5H,3-4H2,(H-,12,14,15,16)/p+1. The summed E-state index contributed by atoms with van der Waals surface area (Å²) in [6.07, 6.45) is 0. The van der Waals surface area contributed by atoms with E-state index < -0.39 is 16.2 Å². The van der Waals surface area contributed by atoms with Gasteiger partial charge in [0.05, 0.1) is 16.8 Å². The first-order chi connectivity index (χ1) is 8.65. The molecule has 92 valence electrons. The van der Waals surface area contributed by atoms with Crippen molar-refractivity contribution in [1.82, 2.24) is 4.98 Å². The maximum atomic E-state index is 11.1. The highest BCUT2D eigenvalue weighted by Crippen LogP contribution is 2.28. The van der Waals surface area contributed by atoms with Crippen molar-refractivity contribution < 1.29 is 15.0 Å². The van der Waals surface area contributed by atoms with Crippen LogP contribution in [0.25, 0.3) is 10.2 Å². The first-order valence-corrected chi connectivity index (χ1v) is 7.44. The van der Waals surface area contributed by atoms with Crippen LogP contribution in [0, 0.1) is 0 Å². The molecule has 5 nitrogen and oxygen atoms in total. The molecule has 1 aliphatic rings. The van der Waals surface area contributed by atoms with Crippen molar-refractivity contribution in [1.29, 1.82) is 0 Å². The minimum Gasteiger partial charge on any atom is -0.508 e. The van der Waals surface area contributed by atoms with Crippen molar-refractivity contribution in [2.75, 3.05) is 12.3 Å². The molecule has 1 atom stereocenters. The zero-order valence-corrected chi connectivity index (χ0v) is 10.8. The van der Waals surface area contributed by atoms with E-state index in [4.69, 9.17) is 5.11 Å². The van der Waals surface area contributed by atoms with E-state index in [-0.39, 0.29) is 5.75 Å². The highest BCUT2D eigenvalue weighted by Gasteiger charge is 2.42. The Morgan fingerprint density at radius 3 is 3.06 bits per heavy atom. The molecule has 3 rings (SSSR count). The van der Waals surface area contributed by atoms with Crippen LogP contribution in [0.5, 0.6) is 5.75 Å². The molecule has 7 heteroatoms.